The fraction of sp³-hybridized carbons (Fsp3) is 0.667. The molecule has 0 spiro atoms. The number of hydrogen-bond acceptors (Lipinski definition) is 0. The van der Waals surface area contributed by atoms with E-state index < -0.39 is 16.8 Å². The summed E-state index contributed by atoms with van der Waals surface area (Å²) in [7, 11) is -0.746. The molecule has 2 saturated carbocycles. The molecule has 5 heteroatoms. The van der Waals surface area contributed by atoms with Crippen LogP contribution in [0.5, 0.6) is 0 Å². The molecule has 23 heavy (non-hydrogen) atoms. The fourth-order valence-electron chi connectivity index (χ4n) is 4.53. The second kappa shape index (κ2) is 7.41. The molecule has 2 fully saturated rings. The van der Waals surface area contributed by atoms with Gasteiger partial charge in [-0.2, -0.15) is 0 Å². The molecule has 1 aromatic rings. The van der Waals surface area contributed by atoms with Crippen LogP contribution in [0, 0.1) is 0 Å². The van der Waals surface area contributed by atoms with E-state index in [2.05, 4.69) is 12.1 Å². The van der Waals surface area contributed by atoms with Gasteiger partial charge in [0, 0.05) is 10.00 Å². The van der Waals surface area contributed by atoms with Crippen LogP contribution in [0.4, 0.5) is 0 Å². The standard InChI is InChI=1S/C18H29O3PS/c19-22(20,21)23(17-12-6-2-7-13-17)18(14-8-3-9-15-18)16-10-4-1-5-11-16/h1,4-5,10-11,17,19-21H,2-3,6-9,12-15H2. The molecule has 0 aliphatic heterocycles. The van der Waals surface area contributed by atoms with Gasteiger partial charge >= 0.3 is 0 Å². The van der Waals surface area contributed by atoms with E-state index in [0.717, 1.165) is 51.4 Å². The Morgan fingerprint density at radius 1 is 0.826 bits per heavy atom. The summed E-state index contributed by atoms with van der Waals surface area (Å²) in [6, 6.07) is 10.4. The van der Waals surface area contributed by atoms with Crippen molar-refractivity contribution in [1.82, 2.24) is 0 Å². The molecule has 3 nitrogen and oxygen atoms in total. The average molecular weight is 356 g/mol. The number of hydrogen-bond donors (Lipinski definition) is 3. The SMILES string of the molecule is OP(O)(O)=S(C1CCCCC1)C1(c2ccccc2)CCCCC1. The zero-order valence-electron chi connectivity index (χ0n) is 13.7. The van der Waals surface area contributed by atoms with Crippen molar-refractivity contribution in [3.05, 3.63) is 35.9 Å². The van der Waals surface area contributed by atoms with Crippen molar-refractivity contribution in [2.75, 3.05) is 0 Å². The first-order valence-electron chi connectivity index (χ1n) is 8.91. The summed E-state index contributed by atoms with van der Waals surface area (Å²) in [5.74, 6) is 0. The highest BCUT2D eigenvalue weighted by Gasteiger charge is 2.44. The van der Waals surface area contributed by atoms with Gasteiger partial charge in [0.1, 0.15) is 0 Å². The molecule has 3 rings (SSSR count). The highest BCUT2D eigenvalue weighted by molar-refractivity contribution is 8.28. The van der Waals surface area contributed by atoms with E-state index in [1.54, 1.807) is 0 Å². The van der Waals surface area contributed by atoms with Crippen molar-refractivity contribution in [2.24, 2.45) is 0 Å². The van der Waals surface area contributed by atoms with Crippen LogP contribution in [0.2, 0.25) is 0 Å². The summed E-state index contributed by atoms with van der Waals surface area (Å²) < 4.78 is -0.243. The van der Waals surface area contributed by atoms with Gasteiger partial charge in [0.2, 0.25) is 0 Å². The van der Waals surface area contributed by atoms with Crippen molar-refractivity contribution in [3.63, 3.8) is 0 Å². The molecular weight excluding hydrogens is 327 g/mol. The maximum Gasteiger partial charge on any atom is 0.278 e. The Kier molecular flexibility index (Phi) is 5.70. The van der Waals surface area contributed by atoms with Gasteiger partial charge in [-0.15, -0.1) is 10.1 Å². The third-order valence-corrected chi connectivity index (χ3v) is 12.1. The third-order valence-electron chi connectivity index (χ3n) is 5.49. The lowest BCUT2D eigenvalue weighted by Crippen LogP contribution is -2.40. The van der Waals surface area contributed by atoms with Crippen molar-refractivity contribution in [2.45, 2.75) is 74.2 Å². The molecule has 1 atom stereocenters. The topological polar surface area (TPSA) is 60.7 Å². The predicted octanol–water partition coefficient (Wildman–Crippen LogP) is 4.45. The van der Waals surface area contributed by atoms with Crippen LogP contribution in [-0.2, 0) is 14.8 Å². The second-order valence-electron chi connectivity index (χ2n) is 7.01. The van der Waals surface area contributed by atoms with E-state index >= 15 is 0 Å². The van der Waals surface area contributed by atoms with E-state index in [9.17, 15) is 14.7 Å². The molecule has 3 N–H and O–H groups in total. The van der Waals surface area contributed by atoms with Crippen molar-refractivity contribution < 1.29 is 14.7 Å². The smallest absolute Gasteiger partial charge is 0.278 e. The van der Waals surface area contributed by atoms with Crippen LogP contribution in [0.25, 0.3) is 0 Å². The lowest BCUT2D eigenvalue weighted by atomic mass is 9.83. The van der Waals surface area contributed by atoms with Gasteiger partial charge in [0.05, 0.1) is 0 Å². The van der Waals surface area contributed by atoms with Crippen molar-refractivity contribution >= 4 is 16.8 Å². The lowest BCUT2D eigenvalue weighted by molar-refractivity contribution is 0.357. The maximum atomic E-state index is 10.4. The molecule has 0 bridgehead atoms. The third kappa shape index (κ3) is 3.77. The Morgan fingerprint density at radius 3 is 1.96 bits per heavy atom. The van der Waals surface area contributed by atoms with E-state index in [0.29, 0.717) is 0 Å². The second-order valence-corrected chi connectivity index (χ2v) is 12.8. The van der Waals surface area contributed by atoms with Gasteiger partial charge in [-0.25, -0.2) is 0 Å². The molecule has 2 aliphatic carbocycles. The molecule has 0 saturated heterocycles. The highest BCUT2D eigenvalue weighted by Crippen LogP contribution is 2.55. The lowest BCUT2D eigenvalue weighted by Gasteiger charge is -2.45. The summed E-state index contributed by atoms with van der Waals surface area (Å²) in [5.41, 5.74) is 1.20. The quantitative estimate of drug-likeness (QED) is 0.701. The molecule has 1 unspecified atom stereocenters. The first-order valence-corrected chi connectivity index (χ1v) is 12.4. The van der Waals surface area contributed by atoms with Crippen molar-refractivity contribution in [3.8, 4) is 0 Å². The van der Waals surface area contributed by atoms with Crippen LogP contribution in [0.15, 0.2) is 30.3 Å². The summed E-state index contributed by atoms with van der Waals surface area (Å²) in [4.78, 5) is 31.3. The summed E-state index contributed by atoms with van der Waals surface area (Å²) in [6.45, 7) is -3.87. The Morgan fingerprint density at radius 2 is 1.39 bits per heavy atom. The van der Waals surface area contributed by atoms with Gasteiger partial charge in [0.15, 0.2) is 0 Å². The normalized spacial score (nSPS) is 24.3. The first kappa shape index (κ1) is 17.7. The van der Waals surface area contributed by atoms with Crippen molar-refractivity contribution in [1.29, 1.82) is 0 Å². The van der Waals surface area contributed by atoms with Crippen LogP contribution < -0.4 is 0 Å². The molecule has 1 aromatic carbocycles. The van der Waals surface area contributed by atoms with Gasteiger partial charge in [-0.3, -0.25) is 0 Å². The monoisotopic (exact) mass is 356 g/mol. The van der Waals surface area contributed by atoms with E-state index in [4.69, 9.17) is 0 Å². The summed E-state index contributed by atoms with van der Waals surface area (Å²) in [6.07, 6.45) is 11.0. The Balaban J connectivity index is 2.12. The minimum atomic E-state index is -3.87. The average Bonchev–Trinajstić information content (AvgIpc) is 2.56. The van der Waals surface area contributed by atoms with E-state index in [-0.39, 0.29) is 10.00 Å². The van der Waals surface area contributed by atoms with Gasteiger partial charge in [-0.05, 0) is 31.2 Å². The Bertz CT molecular complexity index is 561. The number of benzene rings is 1. The Hall–Kier alpha value is -0.120. The van der Waals surface area contributed by atoms with Gasteiger partial charge in [-0.1, -0.05) is 68.9 Å². The predicted molar refractivity (Wildman–Crippen MR) is 99.0 cm³/mol. The molecule has 0 radical (unpaired) electrons. The minimum Gasteiger partial charge on any atom is -0.329 e. The molecule has 2 aliphatic rings. The molecule has 0 heterocycles. The summed E-state index contributed by atoms with van der Waals surface area (Å²) in [5, 5.41) is 0.260. The van der Waals surface area contributed by atoms with Gasteiger partial charge in [0.25, 0.3) is 6.72 Å². The van der Waals surface area contributed by atoms with Crippen LogP contribution in [0.1, 0.15) is 69.8 Å². The zero-order chi connectivity index (χ0) is 16.3. The minimum absolute atomic E-state index is 0.243. The highest BCUT2D eigenvalue weighted by atomic mass is 32.5. The molecule has 0 amide bonds. The van der Waals surface area contributed by atoms with Crippen LogP contribution in [0.3, 0.4) is 0 Å². The largest absolute Gasteiger partial charge is 0.329 e. The van der Waals surface area contributed by atoms with Gasteiger partial charge < -0.3 is 14.7 Å². The fourth-order valence-corrected chi connectivity index (χ4v) is 12.0. The maximum absolute atomic E-state index is 10.4. The summed E-state index contributed by atoms with van der Waals surface area (Å²) >= 11 is 0. The Labute approximate surface area is 141 Å². The molecule has 130 valence electrons. The first-order chi connectivity index (χ1) is 11.0. The number of rotatable bonds is 3. The van der Waals surface area contributed by atoms with Crippen LogP contribution in [-0.4, -0.2) is 19.9 Å². The van der Waals surface area contributed by atoms with Crippen LogP contribution >= 0.6 is 6.72 Å². The molecular formula is C18H29O3PS. The van der Waals surface area contributed by atoms with E-state index in [1.807, 2.05) is 18.2 Å². The zero-order valence-corrected chi connectivity index (χ0v) is 15.4. The molecule has 0 aromatic heterocycles. The van der Waals surface area contributed by atoms with E-state index in [1.165, 1.54) is 18.4 Å².